The minimum Gasteiger partial charge on any atom is -0.353 e. The molecule has 1 aliphatic heterocycles. The molecule has 144 valence electrons. The second-order valence-corrected chi connectivity index (χ2v) is 7.71. The third kappa shape index (κ3) is 6.29. The van der Waals surface area contributed by atoms with Gasteiger partial charge in [0.05, 0.1) is 5.75 Å². The van der Waals surface area contributed by atoms with E-state index in [-0.39, 0.29) is 11.9 Å². The topological polar surface area (TPSA) is 45.2 Å². The van der Waals surface area contributed by atoms with E-state index in [1.807, 2.05) is 18.3 Å². The van der Waals surface area contributed by atoms with Crippen molar-refractivity contribution in [3.05, 3.63) is 65.5 Å². The summed E-state index contributed by atoms with van der Waals surface area (Å²) in [5, 5.41) is 3.09. The molecule has 0 atom stereocenters. The fourth-order valence-corrected chi connectivity index (χ4v) is 3.92. The van der Waals surface area contributed by atoms with Crippen LogP contribution in [0.15, 0.2) is 42.7 Å². The van der Waals surface area contributed by atoms with E-state index in [0.717, 1.165) is 42.8 Å². The lowest BCUT2D eigenvalue weighted by atomic mass is 10.0. The lowest BCUT2D eigenvalue weighted by Crippen LogP contribution is -2.44. The highest BCUT2D eigenvalue weighted by Crippen LogP contribution is 2.16. The zero-order valence-corrected chi connectivity index (χ0v) is 15.9. The number of carbonyl (C=O) groups is 1. The molecule has 0 spiro atoms. The van der Waals surface area contributed by atoms with Gasteiger partial charge in [0, 0.05) is 43.8 Å². The van der Waals surface area contributed by atoms with Gasteiger partial charge in [-0.3, -0.25) is 14.7 Å². The van der Waals surface area contributed by atoms with Crippen LogP contribution in [-0.2, 0) is 17.1 Å². The molecular weight excluding hydrogens is 368 g/mol. The third-order valence-electron chi connectivity index (χ3n) is 4.57. The van der Waals surface area contributed by atoms with Crippen LogP contribution in [0.1, 0.15) is 24.0 Å². The molecule has 0 radical (unpaired) electrons. The Kier molecular flexibility index (Phi) is 7.18. The minimum atomic E-state index is -0.818. The van der Waals surface area contributed by atoms with Gasteiger partial charge in [-0.25, -0.2) is 8.78 Å². The average Bonchev–Trinajstić information content (AvgIpc) is 2.67. The van der Waals surface area contributed by atoms with Gasteiger partial charge in [-0.2, -0.15) is 0 Å². The molecule has 1 aromatic heterocycles. The Labute approximate surface area is 162 Å². The summed E-state index contributed by atoms with van der Waals surface area (Å²) in [7, 11) is 0. The van der Waals surface area contributed by atoms with Gasteiger partial charge in [-0.05, 0) is 42.2 Å². The van der Waals surface area contributed by atoms with Crippen LogP contribution in [0.5, 0.6) is 0 Å². The van der Waals surface area contributed by atoms with Gasteiger partial charge in [-0.15, -0.1) is 11.8 Å². The number of hydrogen-bond donors (Lipinski definition) is 1. The number of thioether (sulfide) groups is 1. The highest BCUT2D eigenvalue weighted by atomic mass is 32.2. The second-order valence-electron chi connectivity index (χ2n) is 6.72. The molecule has 0 aliphatic carbocycles. The van der Waals surface area contributed by atoms with Crippen molar-refractivity contribution < 1.29 is 13.6 Å². The molecule has 4 nitrogen and oxygen atoms in total. The maximum Gasteiger partial charge on any atom is 0.230 e. The van der Waals surface area contributed by atoms with Crippen molar-refractivity contribution >= 4 is 17.7 Å². The summed E-state index contributed by atoms with van der Waals surface area (Å²) in [6, 6.07) is 8.11. The summed E-state index contributed by atoms with van der Waals surface area (Å²) < 4.78 is 26.3. The number of pyridine rings is 1. The summed E-state index contributed by atoms with van der Waals surface area (Å²) in [5.41, 5.74) is 1.88. The number of carbonyl (C=O) groups excluding carboxylic acids is 1. The first kappa shape index (κ1) is 19.8. The van der Waals surface area contributed by atoms with Gasteiger partial charge in [0.2, 0.25) is 5.91 Å². The predicted molar refractivity (Wildman–Crippen MR) is 103 cm³/mol. The number of piperidine rings is 1. The Morgan fingerprint density at radius 3 is 2.70 bits per heavy atom. The Bertz CT molecular complexity index is 752. The van der Waals surface area contributed by atoms with Gasteiger partial charge in [0.15, 0.2) is 11.6 Å². The maximum absolute atomic E-state index is 13.3. The van der Waals surface area contributed by atoms with Crippen molar-refractivity contribution in [1.29, 1.82) is 0 Å². The van der Waals surface area contributed by atoms with E-state index >= 15 is 0 Å². The molecule has 1 amide bonds. The highest BCUT2D eigenvalue weighted by Gasteiger charge is 2.21. The molecule has 3 rings (SSSR count). The number of rotatable bonds is 7. The Morgan fingerprint density at radius 1 is 1.19 bits per heavy atom. The Morgan fingerprint density at radius 2 is 2.00 bits per heavy atom. The van der Waals surface area contributed by atoms with Gasteiger partial charge in [-0.1, -0.05) is 12.1 Å². The molecular formula is C20H23F2N3OS. The van der Waals surface area contributed by atoms with E-state index in [2.05, 4.69) is 15.2 Å². The molecule has 1 fully saturated rings. The van der Waals surface area contributed by atoms with E-state index in [4.69, 9.17) is 0 Å². The molecule has 0 unspecified atom stereocenters. The fourth-order valence-electron chi connectivity index (χ4n) is 3.15. The Hall–Kier alpha value is -1.99. The van der Waals surface area contributed by atoms with Crippen LogP contribution >= 0.6 is 11.8 Å². The van der Waals surface area contributed by atoms with Crippen LogP contribution in [0, 0.1) is 11.6 Å². The molecule has 0 bridgehead atoms. The van der Waals surface area contributed by atoms with Crippen LogP contribution in [-0.4, -0.2) is 40.7 Å². The number of nitrogens with one attached hydrogen (secondary N) is 1. The largest absolute Gasteiger partial charge is 0.353 e. The van der Waals surface area contributed by atoms with Crippen LogP contribution in [0.2, 0.25) is 0 Å². The average molecular weight is 391 g/mol. The third-order valence-corrected chi connectivity index (χ3v) is 5.57. The molecule has 1 saturated heterocycles. The molecule has 2 heterocycles. The zero-order valence-electron chi connectivity index (χ0n) is 15.0. The van der Waals surface area contributed by atoms with E-state index in [1.54, 1.807) is 24.0 Å². The van der Waals surface area contributed by atoms with E-state index < -0.39 is 11.6 Å². The van der Waals surface area contributed by atoms with Gasteiger partial charge in [0.1, 0.15) is 0 Å². The minimum absolute atomic E-state index is 0.0583. The standard InChI is InChI=1S/C20H23F2N3OS/c21-18-4-3-15(10-19(18)22)12-25-8-5-17(6-9-25)24-20(26)14-27-13-16-2-1-7-23-11-16/h1-4,7,10-11,17H,5-6,8-9,12-14H2,(H,24,26). The normalized spacial score (nSPS) is 15.6. The van der Waals surface area contributed by atoms with Crippen molar-refractivity contribution in [1.82, 2.24) is 15.2 Å². The first-order valence-electron chi connectivity index (χ1n) is 9.02. The van der Waals surface area contributed by atoms with Gasteiger partial charge >= 0.3 is 0 Å². The maximum atomic E-state index is 13.3. The number of nitrogens with zero attached hydrogens (tertiary/aromatic N) is 2. The van der Waals surface area contributed by atoms with E-state index in [9.17, 15) is 13.6 Å². The molecule has 1 N–H and O–H groups in total. The molecule has 1 aliphatic rings. The summed E-state index contributed by atoms with van der Waals surface area (Å²) in [4.78, 5) is 18.4. The summed E-state index contributed by atoms with van der Waals surface area (Å²) in [5.74, 6) is -0.360. The Balaban J connectivity index is 1.35. The van der Waals surface area contributed by atoms with Crippen LogP contribution in [0.3, 0.4) is 0 Å². The van der Waals surface area contributed by atoms with Crippen molar-refractivity contribution in [2.75, 3.05) is 18.8 Å². The zero-order chi connectivity index (χ0) is 19.1. The van der Waals surface area contributed by atoms with Gasteiger partial charge < -0.3 is 5.32 Å². The SMILES string of the molecule is O=C(CSCc1cccnc1)NC1CCN(Cc2ccc(F)c(F)c2)CC1. The predicted octanol–water partition coefficient (Wildman–Crippen LogP) is 3.37. The van der Waals surface area contributed by atoms with Crippen LogP contribution < -0.4 is 5.32 Å². The highest BCUT2D eigenvalue weighted by molar-refractivity contribution is 7.99. The molecule has 7 heteroatoms. The van der Waals surface area contributed by atoms with Crippen LogP contribution in [0.25, 0.3) is 0 Å². The van der Waals surface area contributed by atoms with Crippen molar-refractivity contribution in [3.63, 3.8) is 0 Å². The second kappa shape index (κ2) is 9.80. The van der Waals surface area contributed by atoms with Gasteiger partial charge in [0.25, 0.3) is 0 Å². The van der Waals surface area contributed by atoms with E-state index in [0.29, 0.717) is 12.3 Å². The van der Waals surface area contributed by atoms with Crippen molar-refractivity contribution in [2.45, 2.75) is 31.2 Å². The smallest absolute Gasteiger partial charge is 0.230 e. The first-order valence-corrected chi connectivity index (χ1v) is 10.2. The lowest BCUT2D eigenvalue weighted by molar-refractivity contribution is -0.119. The number of halogens is 2. The first-order chi connectivity index (χ1) is 13.1. The number of benzene rings is 1. The van der Waals surface area contributed by atoms with Crippen molar-refractivity contribution in [3.8, 4) is 0 Å². The summed E-state index contributed by atoms with van der Waals surface area (Å²) in [6.07, 6.45) is 5.28. The fraction of sp³-hybridized carbons (Fsp3) is 0.400. The number of aromatic nitrogens is 1. The van der Waals surface area contributed by atoms with Crippen LogP contribution in [0.4, 0.5) is 8.78 Å². The molecule has 0 saturated carbocycles. The van der Waals surface area contributed by atoms with Crippen molar-refractivity contribution in [2.24, 2.45) is 0 Å². The van der Waals surface area contributed by atoms with E-state index in [1.165, 1.54) is 12.1 Å². The molecule has 1 aromatic carbocycles. The lowest BCUT2D eigenvalue weighted by Gasteiger charge is -2.32. The quantitative estimate of drug-likeness (QED) is 0.786. The molecule has 27 heavy (non-hydrogen) atoms. The number of likely N-dealkylation sites (tertiary alicyclic amines) is 1. The monoisotopic (exact) mass is 391 g/mol. The summed E-state index contributed by atoms with van der Waals surface area (Å²) in [6.45, 7) is 2.25. The molecule has 2 aromatic rings. The number of hydrogen-bond acceptors (Lipinski definition) is 4. The summed E-state index contributed by atoms with van der Waals surface area (Å²) >= 11 is 1.58. The number of amides is 1.